The van der Waals surface area contributed by atoms with Crippen LogP contribution < -0.4 is 5.32 Å². The van der Waals surface area contributed by atoms with Gasteiger partial charge < -0.3 is 10.4 Å². The third-order valence-corrected chi connectivity index (χ3v) is 3.49. The van der Waals surface area contributed by atoms with Crippen molar-refractivity contribution in [3.63, 3.8) is 0 Å². The molecule has 1 aromatic carbocycles. The summed E-state index contributed by atoms with van der Waals surface area (Å²) in [5.41, 5.74) is 1.29. The van der Waals surface area contributed by atoms with Gasteiger partial charge in [-0.15, -0.1) is 0 Å². The second kappa shape index (κ2) is 5.46. The Morgan fingerprint density at radius 3 is 2.56 bits per heavy atom. The molecule has 3 atom stereocenters. The molecule has 0 aromatic heterocycles. The first kappa shape index (κ1) is 11.6. The summed E-state index contributed by atoms with van der Waals surface area (Å²) in [5, 5.41) is 13.4. The zero-order valence-corrected chi connectivity index (χ0v) is 9.89. The van der Waals surface area contributed by atoms with Crippen molar-refractivity contribution >= 4 is 0 Å². The first-order valence-corrected chi connectivity index (χ1v) is 6.26. The highest BCUT2D eigenvalue weighted by molar-refractivity contribution is 5.18. The van der Waals surface area contributed by atoms with Crippen LogP contribution in [0.3, 0.4) is 0 Å². The third kappa shape index (κ3) is 2.83. The van der Waals surface area contributed by atoms with E-state index in [4.69, 9.17) is 0 Å². The lowest BCUT2D eigenvalue weighted by molar-refractivity contribution is 0.0860. The van der Waals surface area contributed by atoms with Crippen molar-refractivity contribution in [3.05, 3.63) is 35.9 Å². The van der Waals surface area contributed by atoms with Crippen molar-refractivity contribution in [3.8, 4) is 0 Å². The maximum absolute atomic E-state index is 9.90. The molecule has 16 heavy (non-hydrogen) atoms. The monoisotopic (exact) mass is 219 g/mol. The van der Waals surface area contributed by atoms with Crippen LogP contribution >= 0.6 is 0 Å². The van der Waals surface area contributed by atoms with Crippen LogP contribution in [0.5, 0.6) is 0 Å². The predicted octanol–water partition coefficient (Wildman–Crippen LogP) is 2.64. The Kier molecular flexibility index (Phi) is 3.97. The van der Waals surface area contributed by atoms with Gasteiger partial charge in [0.05, 0.1) is 6.10 Å². The van der Waals surface area contributed by atoms with Gasteiger partial charge in [0.15, 0.2) is 0 Å². The Labute approximate surface area is 97.7 Å². The van der Waals surface area contributed by atoms with Crippen LogP contribution in [-0.4, -0.2) is 17.3 Å². The molecule has 0 saturated heterocycles. The van der Waals surface area contributed by atoms with E-state index in [0.717, 1.165) is 12.8 Å². The summed E-state index contributed by atoms with van der Waals surface area (Å²) in [6.07, 6.45) is 4.27. The summed E-state index contributed by atoms with van der Waals surface area (Å²) in [5.74, 6) is 0. The molecule has 1 fully saturated rings. The van der Waals surface area contributed by atoms with Crippen molar-refractivity contribution in [2.45, 2.75) is 50.8 Å². The quantitative estimate of drug-likeness (QED) is 0.819. The third-order valence-electron chi connectivity index (χ3n) is 3.49. The smallest absolute Gasteiger partial charge is 0.0693 e. The van der Waals surface area contributed by atoms with Crippen LogP contribution in [0.25, 0.3) is 0 Å². The number of nitrogens with one attached hydrogen (secondary N) is 1. The second-order valence-electron chi connectivity index (χ2n) is 4.76. The highest BCUT2D eigenvalue weighted by atomic mass is 16.3. The maximum atomic E-state index is 9.90. The van der Waals surface area contributed by atoms with Gasteiger partial charge in [-0.2, -0.15) is 0 Å². The number of aliphatic hydroxyl groups is 1. The molecule has 0 bridgehead atoms. The fourth-order valence-electron chi connectivity index (χ4n) is 2.46. The van der Waals surface area contributed by atoms with E-state index >= 15 is 0 Å². The lowest BCUT2D eigenvalue weighted by Crippen LogP contribution is -2.43. The van der Waals surface area contributed by atoms with E-state index < -0.39 is 0 Å². The molecular weight excluding hydrogens is 198 g/mol. The summed E-state index contributed by atoms with van der Waals surface area (Å²) in [4.78, 5) is 0. The van der Waals surface area contributed by atoms with E-state index in [9.17, 15) is 5.11 Å². The van der Waals surface area contributed by atoms with Crippen molar-refractivity contribution in [2.75, 3.05) is 0 Å². The van der Waals surface area contributed by atoms with Gasteiger partial charge >= 0.3 is 0 Å². The van der Waals surface area contributed by atoms with Gasteiger partial charge in [-0.3, -0.25) is 0 Å². The molecule has 0 heterocycles. The summed E-state index contributed by atoms with van der Waals surface area (Å²) in [7, 11) is 0. The minimum Gasteiger partial charge on any atom is -0.392 e. The Hall–Kier alpha value is -0.860. The van der Waals surface area contributed by atoms with Crippen molar-refractivity contribution in [1.82, 2.24) is 5.32 Å². The fraction of sp³-hybridized carbons (Fsp3) is 0.571. The molecule has 1 aliphatic rings. The van der Waals surface area contributed by atoms with Crippen LogP contribution in [0.15, 0.2) is 30.3 Å². The number of rotatable bonds is 3. The number of hydrogen-bond acceptors (Lipinski definition) is 2. The van der Waals surface area contributed by atoms with E-state index in [-0.39, 0.29) is 12.1 Å². The summed E-state index contributed by atoms with van der Waals surface area (Å²) in [6.45, 7) is 2.16. The summed E-state index contributed by atoms with van der Waals surface area (Å²) < 4.78 is 0. The molecule has 2 heteroatoms. The molecule has 1 saturated carbocycles. The molecule has 88 valence electrons. The molecule has 0 aliphatic heterocycles. The van der Waals surface area contributed by atoms with Crippen LogP contribution in [0.2, 0.25) is 0 Å². The van der Waals surface area contributed by atoms with Crippen LogP contribution in [0, 0.1) is 0 Å². The molecule has 0 spiro atoms. The number of aliphatic hydroxyl groups excluding tert-OH is 1. The minimum absolute atomic E-state index is 0.167. The van der Waals surface area contributed by atoms with Crippen molar-refractivity contribution in [1.29, 1.82) is 0 Å². The molecule has 0 amide bonds. The Morgan fingerprint density at radius 1 is 1.19 bits per heavy atom. The Balaban J connectivity index is 1.94. The number of benzene rings is 1. The molecule has 2 N–H and O–H groups in total. The molecule has 2 rings (SSSR count). The van der Waals surface area contributed by atoms with Crippen molar-refractivity contribution < 1.29 is 5.11 Å². The molecule has 1 aromatic rings. The van der Waals surface area contributed by atoms with Gasteiger partial charge in [-0.1, -0.05) is 43.2 Å². The lowest BCUT2D eigenvalue weighted by Gasteiger charge is -2.31. The zero-order chi connectivity index (χ0) is 11.4. The van der Waals surface area contributed by atoms with Crippen LogP contribution in [-0.2, 0) is 0 Å². The zero-order valence-electron chi connectivity index (χ0n) is 9.89. The van der Waals surface area contributed by atoms with Gasteiger partial charge in [0, 0.05) is 12.1 Å². The largest absolute Gasteiger partial charge is 0.392 e. The molecular formula is C14H21NO. The molecule has 0 radical (unpaired) electrons. The van der Waals surface area contributed by atoms with Gasteiger partial charge in [-0.05, 0) is 25.3 Å². The number of hydrogen-bond donors (Lipinski definition) is 2. The normalized spacial score (nSPS) is 27.6. The van der Waals surface area contributed by atoms with Crippen molar-refractivity contribution in [2.24, 2.45) is 0 Å². The minimum atomic E-state index is -0.167. The molecule has 2 nitrogen and oxygen atoms in total. The fourth-order valence-corrected chi connectivity index (χ4v) is 2.46. The Bertz CT molecular complexity index is 312. The first-order valence-electron chi connectivity index (χ1n) is 6.26. The summed E-state index contributed by atoms with van der Waals surface area (Å²) in [6, 6.07) is 11.0. The van der Waals surface area contributed by atoms with E-state index in [1.54, 1.807) is 0 Å². The van der Waals surface area contributed by atoms with Crippen LogP contribution in [0.1, 0.15) is 44.2 Å². The van der Waals surface area contributed by atoms with Gasteiger partial charge in [0.25, 0.3) is 0 Å². The van der Waals surface area contributed by atoms with Crippen LogP contribution in [0.4, 0.5) is 0 Å². The highest BCUT2D eigenvalue weighted by Crippen LogP contribution is 2.21. The standard InChI is InChI=1S/C14H21NO/c1-11(12-7-3-2-4-8-12)15-13-9-5-6-10-14(13)16/h2-4,7-8,11,13-16H,5-6,9-10H2,1H3/t11-,13-,14-/m0/s1. The summed E-state index contributed by atoms with van der Waals surface area (Å²) >= 11 is 0. The molecule has 1 aliphatic carbocycles. The maximum Gasteiger partial charge on any atom is 0.0693 e. The van der Waals surface area contributed by atoms with E-state index in [2.05, 4.69) is 36.5 Å². The van der Waals surface area contributed by atoms with E-state index in [0.29, 0.717) is 6.04 Å². The topological polar surface area (TPSA) is 32.3 Å². The predicted molar refractivity (Wildman–Crippen MR) is 66.3 cm³/mol. The Morgan fingerprint density at radius 2 is 1.88 bits per heavy atom. The average Bonchev–Trinajstić information content (AvgIpc) is 2.33. The van der Waals surface area contributed by atoms with Gasteiger partial charge in [-0.25, -0.2) is 0 Å². The van der Waals surface area contributed by atoms with Gasteiger partial charge in [0.2, 0.25) is 0 Å². The first-order chi connectivity index (χ1) is 7.77. The lowest BCUT2D eigenvalue weighted by atomic mass is 9.91. The van der Waals surface area contributed by atoms with Gasteiger partial charge in [0.1, 0.15) is 0 Å². The SMILES string of the molecule is C[C@H](N[C@H]1CCCC[C@@H]1O)c1ccccc1. The highest BCUT2D eigenvalue weighted by Gasteiger charge is 2.24. The second-order valence-corrected chi connectivity index (χ2v) is 4.76. The average molecular weight is 219 g/mol. The molecule has 0 unspecified atom stereocenters. The van der Waals surface area contributed by atoms with E-state index in [1.165, 1.54) is 18.4 Å². The van der Waals surface area contributed by atoms with E-state index in [1.807, 2.05) is 6.07 Å².